The second kappa shape index (κ2) is 18.2. The summed E-state index contributed by atoms with van der Waals surface area (Å²) in [6, 6.07) is 3.20. The predicted octanol–water partition coefficient (Wildman–Crippen LogP) is 0.0435. The first-order chi connectivity index (χ1) is 22.5. The predicted molar refractivity (Wildman–Crippen MR) is 180 cm³/mol. The Bertz CT molecular complexity index is 1380. The molecule has 0 spiro atoms. The van der Waals surface area contributed by atoms with Crippen molar-refractivity contribution in [1.82, 2.24) is 31.9 Å². The number of anilines is 1. The normalized spacial score (nSPS) is 16.3. The lowest BCUT2D eigenvalue weighted by atomic mass is 9.98. The van der Waals surface area contributed by atoms with Gasteiger partial charge in [-0.3, -0.25) is 38.4 Å². The number of carbonyl (C=O) groups is 8. The van der Waals surface area contributed by atoms with E-state index in [-0.39, 0.29) is 48.4 Å². The van der Waals surface area contributed by atoms with E-state index in [1.165, 1.54) is 38.2 Å². The van der Waals surface area contributed by atoms with Gasteiger partial charge in [0.2, 0.25) is 41.4 Å². The van der Waals surface area contributed by atoms with Gasteiger partial charge in [0, 0.05) is 26.0 Å². The first kappa shape index (κ1) is 39.7. The van der Waals surface area contributed by atoms with Crippen LogP contribution in [0.25, 0.3) is 0 Å². The molecule has 0 aliphatic carbocycles. The van der Waals surface area contributed by atoms with E-state index in [2.05, 4.69) is 31.9 Å². The lowest BCUT2D eigenvalue weighted by Gasteiger charge is -2.29. The summed E-state index contributed by atoms with van der Waals surface area (Å²) in [5.41, 5.74) is 0.701. The minimum Gasteiger partial charge on any atom is -0.355 e. The summed E-state index contributed by atoms with van der Waals surface area (Å²) in [4.78, 5) is 102. The Morgan fingerprint density at radius 1 is 0.771 bits per heavy atom. The fourth-order valence-corrected chi connectivity index (χ4v) is 5.75. The molecule has 1 aliphatic heterocycles. The molecule has 1 aromatic carbocycles. The minimum atomic E-state index is -0.989. The number of benzene rings is 1. The monoisotopic (exact) mass is 689 g/mol. The summed E-state index contributed by atoms with van der Waals surface area (Å²) in [7, 11) is 1.49. The largest absolute Gasteiger partial charge is 0.355 e. The summed E-state index contributed by atoms with van der Waals surface area (Å²) in [5, 5.41) is 14.8. The van der Waals surface area contributed by atoms with Gasteiger partial charge in [0.1, 0.15) is 18.1 Å². The molecule has 1 heterocycles. The van der Waals surface area contributed by atoms with Crippen LogP contribution in [-0.2, 0) is 33.6 Å². The van der Waals surface area contributed by atoms with Gasteiger partial charge in [-0.1, -0.05) is 41.5 Å². The van der Waals surface area contributed by atoms with Crippen molar-refractivity contribution in [2.24, 2.45) is 17.8 Å². The molecular weight excluding hydrogens is 642 g/mol. The summed E-state index contributed by atoms with van der Waals surface area (Å²) in [5.74, 6) is -4.80. The van der Waals surface area contributed by atoms with Gasteiger partial charge in [-0.15, -0.1) is 11.8 Å². The third-order valence-corrected chi connectivity index (χ3v) is 8.69. The maximum absolute atomic E-state index is 13.2. The van der Waals surface area contributed by atoms with Crippen molar-refractivity contribution in [1.29, 1.82) is 0 Å². The zero-order valence-corrected chi connectivity index (χ0v) is 29.4. The summed E-state index contributed by atoms with van der Waals surface area (Å²) in [6.07, 6.45) is -0.0936. The smallest absolute Gasteiger partial charge is 0.251 e. The molecule has 4 atom stereocenters. The molecule has 15 nitrogen and oxygen atoms in total. The van der Waals surface area contributed by atoms with Crippen LogP contribution in [0.5, 0.6) is 0 Å². The third kappa shape index (κ3) is 11.1. The van der Waals surface area contributed by atoms with Crippen LogP contribution in [0, 0.1) is 17.8 Å². The first-order valence-corrected chi connectivity index (χ1v) is 16.8. The highest BCUT2D eigenvalue weighted by Gasteiger charge is 2.40. The molecule has 0 saturated carbocycles. The van der Waals surface area contributed by atoms with Gasteiger partial charge < -0.3 is 31.9 Å². The molecule has 1 aromatic rings. The molecular formula is C32H47N7O8S. The highest BCUT2D eigenvalue weighted by Crippen LogP contribution is 2.29. The molecule has 16 heteroatoms. The van der Waals surface area contributed by atoms with Crippen LogP contribution in [0.3, 0.4) is 0 Å². The number of amides is 8. The maximum atomic E-state index is 13.2. The van der Waals surface area contributed by atoms with Crippen molar-refractivity contribution >= 4 is 64.7 Å². The Hall–Kier alpha value is -4.47. The van der Waals surface area contributed by atoms with Gasteiger partial charge in [-0.05, 0) is 42.0 Å². The van der Waals surface area contributed by atoms with E-state index in [0.29, 0.717) is 11.3 Å². The van der Waals surface area contributed by atoms with Crippen LogP contribution in [0.2, 0.25) is 0 Å². The number of nitrogens with one attached hydrogen (secondary N) is 6. The quantitative estimate of drug-likeness (QED) is 0.102. The number of nitrogens with zero attached hydrogens (tertiary/aromatic N) is 1. The number of thioether (sulfide) groups is 1. The zero-order valence-electron chi connectivity index (χ0n) is 28.6. The Morgan fingerprint density at radius 2 is 1.27 bits per heavy atom. The van der Waals surface area contributed by atoms with Gasteiger partial charge in [0.05, 0.1) is 23.4 Å². The fraction of sp³-hybridized carbons (Fsp3) is 0.562. The second-order valence-electron chi connectivity index (χ2n) is 12.4. The summed E-state index contributed by atoms with van der Waals surface area (Å²) < 4.78 is 0. The van der Waals surface area contributed by atoms with Crippen LogP contribution in [0.4, 0.5) is 5.69 Å². The topological polar surface area (TPSA) is 212 Å². The van der Waals surface area contributed by atoms with E-state index in [1.54, 1.807) is 41.5 Å². The van der Waals surface area contributed by atoms with E-state index in [0.717, 1.165) is 16.7 Å². The minimum absolute atomic E-state index is 0.0936. The highest BCUT2D eigenvalue weighted by atomic mass is 32.2. The number of imide groups is 1. The lowest BCUT2D eigenvalue weighted by molar-refractivity contribution is -0.135. The van der Waals surface area contributed by atoms with E-state index >= 15 is 0 Å². The average Bonchev–Trinajstić information content (AvgIpc) is 3.30. The van der Waals surface area contributed by atoms with Crippen molar-refractivity contribution in [3.05, 3.63) is 29.8 Å². The van der Waals surface area contributed by atoms with Crippen molar-refractivity contribution < 1.29 is 38.4 Å². The zero-order chi connectivity index (χ0) is 36.3. The van der Waals surface area contributed by atoms with Gasteiger partial charge in [0.25, 0.3) is 5.91 Å². The number of carbonyl (C=O) groups excluding carboxylic acids is 8. The molecule has 264 valence electrons. The number of rotatable bonds is 16. The van der Waals surface area contributed by atoms with Crippen LogP contribution < -0.4 is 36.8 Å². The third-order valence-electron chi connectivity index (χ3n) is 7.49. The number of hydrogen-bond acceptors (Lipinski definition) is 9. The molecule has 48 heavy (non-hydrogen) atoms. The highest BCUT2D eigenvalue weighted by molar-refractivity contribution is 8.01. The molecule has 1 fully saturated rings. The summed E-state index contributed by atoms with van der Waals surface area (Å²) >= 11 is 0.994. The molecule has 1 aliphatic rings. The first-order valence-electron chi connectivity index (χ1n) is 15.7. The van der Waals surface area contributed by atoms with Gasteiger partial charge in [-0.2, -0.15) is 0 Å². The molecule has 2 rings (SSSR count). The van der Waals surface area contributed by atoms with Crippen LogP contribution >= 0.6 is 11.8 Å². The van der Waals surface area contributed by atoms with Crippen LogP contribution in [-0.4, -0.2) is 90.1 Å². The van der Waals surface area contributed by atoms with Crippen molar-refractivity contribution in [3.63, 3.8) is 0 Å². The number of hydrogen-bond donors (Lipinski definition) is 6. The molecule has 8 amide bonds. The molecule has 6 N–H and O–H groups in total. The Kier molecular flexibility index (Phi) is 15.0. The van der Waals surface area contributed by atoms with Crippen LogP contribution in [0.15, 0.2) is 24.3 Å². The standard InChI is InChI=1S/C32H47N7O8S/c1-16(2)25(37-31(46)27(18(5)6)38-30(45)26(17(3)4)36-19(7)40)29(44)35-15-34-23(41)14-48-22-13-24(42)39(32(22)47)21-11-9-20(10-12-21)28(43)33-8/h9-12,16-18,22,25-27H,13-15H2,1-8H3,(H,33,43)(H,34,41)(H,35,44)(H,36,40)(H,37,46)(H,38,45). The molecule has 0 bridgehead atoms. The van der Waals surface area contributed by atoms with Crippen molar-refractivity contribution in [3.8, 4) is 0 Å². The van der Waals surface area contributed by atoms with E-state index in [1.807, 2.05) is 0 Å². The summed E-state index contributed by atoms with van der Waals surface area (Å²) in [6.45, 7) is 11.5. The molecule has 0 radical (unpaired) electrons. The van der Waals surface area contributed by atoms with Gasteiger partial charge >= 0.3 is 0 Å². The van der Waals surface area contributed by atoms with Gasteiger partial charge in [-0.25, -0.2) is 4.90 Å². The van der Waals surface area contributed by atoms with Crippen LogP contribution in [0.1, 0.15) is 65.2 Å². The Morgan fingerprint density at radius 3 is 1.75 bits per heavy atom. The SMILES string of the molecule is CNC(=O)c1ccc(N2C(=O)CC(SCC(=O)NCNC(=O)C(NC(=O)C(NC(=O)C(NC(C)=O)C(C)C)C(C)C)C(C)C)C2=O)cc1. The van der Waals surface area contributed by atoms with Crippen molar-refractivity contribution in [2.75, 3.05) is 24.4 Å². The van der Waals surface area contributed by atoms with E-state index < -0.39 is 58.8 Å². The molecule has 1 saturated heterocycles. The van der Waals surface area contributed by atoms with E-state index in [4.69, 9.17) is 0 Å². The lowest BCUT2D eigenvalue weighted by Crippen LogP contribution is -2.60. The molecule has 0 aromatic heterocycles. The second-order valence-corrected chi connectivity index (χ2v) is 13.6. The average molecular weight is 690 g/mol. The maximum Gasteiger partial charge on any atom is 0.251 e. The Balaban J connectivity index is 1.90. The van der Waals surface area contributed by atoms with Crippen molar-refractivity contribution in [2.45, 2.75) is 78.3 Å². The van der Waals surface area contributed by atoms with Gasteiger partial charge in [0.15, 0.2) is 0 Å². The Labute approximate surface area is 284 Å². The molecule has 4 unspecified atom stereocenters. The van der Waals surface area contributed by atoms with E-state index in [9.17, 15) is 38.4 Å². The fourth-order valence-electron chi connectivity index (χ4n) is 4.79.